The molecule has 0 bridgehead atoms. The van der Waals surface area contributed by atoms with E-state index in [1.807, 2.05) is 0 Å². The van der Waals surface area contributed by atoms with Gasteiger partial charge in [0.15, 0.2) is 6.29 Å². The fourth-order valence-electron chi connectivity index (χ4n) is 0.537. The first-order valence-corrected chi connectivity index (χ1v) is 4.91. The summed E-state index contributed by atoms with van der Waals surface area (Å²) < 4.78 is 14.4. The van der Waals surface area contributed by atoms with Crippen LogP contribution in [-0.2, 0) is 19.0 Å². The van der Waals surface area contributed by atoms with E-state index in [2.05, 4.69) is 11.3 Å². The molecule has 0 aromatic heterocycles. The highest BCUT2D eigenvalue weighted by molar-refractivity contribution is 5.78. The molecule has 0 spiro atoms. The molecule has 102 valence electrons. The highest BCUT2D eigenvalue weighted by Crippen LogP contribution is 1.85. The Morgan fingerprint density at radius 2 is 1.88 bits per heavy atom. The van der Waals surface area contributed by atoms with Crippen LogP contribution in [0.5, 0.6) is 0 Å². The third-order valence-electron chi connectivity index (χ3n) is 1.31. The number of aliphatic hydroxyl groups is 2. The van der Waals surface area contributed by atoms with Crippen LogP contribution in [0.4, 0.5) is 0 Å². The number of ether oxygens (including phenoxy) is 3. The Labute approximate surface area is 100 Å². The Bertz CT molecular complexity index is 183. The van der Waals surface area contributed by atoms with Crippen LogP contribution in [0.1, 0.15) is 0 Å². The first-order chi connectivity index (χ1) is 8.08. The third kappa shape index (κ3) is 21.0. The number of carboxylic acid groups (broad SMARTS) is 1. The van der Waals surface area contributed by atoms with Crippen molar-refractivity contribution in [3.05, 3.63) is 12.7 Å². The summed E-state index contributed by atoms with van der Waals surface area (Å²) in [5, 5.41) is 24.8. The number of aliphatic hydroxyl groups excluding tert-OH is 2. The van der Waals surface area contributed by atoms with Gasteiger partial charge in [0.2, 0.25) is 0 Å². The van der Waals surface area contributed by atoms with E-state index in [0.717, 1.165) is 6.08 Å². The summed E-state index contributed by atoms with van der Waals surface area (Å²) >= 11 is 0. The van der Waals surface area contributed by atoms with Crippen molar-refractivity contribution in [1.29, 1.82) is 0 Å². The minimum absolute atomic E-state index is 0.0146. The molecule has 1 atom stereocenters. The zero-order valence-electron chi connectivity index (χ0n) is 9.87. The molecule has 17 heavy (non-hydrogen) atoms. The van der Waals surface area contributed by atoms with Crippen molar-refractivity contribution in [1.82, 2.24) is 0 Å². The largest absolute Gasteiger partial charge is 0.478 e. The lowest BCUT2D eigenvalue weighted by Gasteiger charge is -2.08. The maximum absolute atomic E-state index is 9.25. The van der Waals surface area contributed by atoms with Crippen LogP contribution >= 0.6 is 0 Å². The lowest BCUT2D eigenvalue weighted by Crippen LogP contribution is -2.19. The summed E-state index contributed by atoms with van der Waals surface area (Å²) in [7, 11) is 1.40. The van der Waals surface area contributed by atoms with Crippen LogP contribution < -0.4 is 0 Å². The Morgan fingerprint density at radius 1 is 1.35 bits per heavy atom. The van der Waals surface area contributed by atoms with E-state index >= 15 is 0 Å². The molecule has 0 aliphatic rings. The van der Waals surface area contributed by atoms with Crippen molar-refractivity contribution < 1.29 is 34.3 Å². The van der Waals surface area contributed by atoms with Gasteiger partial charge in [0.05, 0.1) is 33.0 Å². The highest BCUT2D eigenvalue weighted by Gasteiger charge is 1.99. The molecule has 0 aliphatic heterocycles. The summed E-state index contributed by atoms with van der Waals surface area (Å²) in [5.41, 5.74) is 0. The van der Waals surface area contributed by atoms with E-state index in [1.165, 1.54) is 7.11 Å². The SMILES string of the molecule is C=CC(=O)O.COC(O)COCCOCCO. The number of rotatable bonds is 9. The fourth-order valence-corrected chi connectivity index (χ4v) is 0.537. The van der Waals surface area contributed by atoms with E-state index in [1.54, 1.807) is 0 Å². The molecule has 0 radical (unpaired) electrons. The second-order valence-corrected chi connectivity index (χ2v) is 2.64. The second-order valence-electron chi connectivity index (χ2n) is 2.64. The Balaban J connectivity index is 0. The predicted octanol–water partition coefficient (Wildman–Crippen LogP) is -0.766. The van der Waals surface area contributed by atoms with E-state index in [4.69, 9.17) is 24.8 Å². The maximum atomic E-state index is 9.25. The summed E-state index contributed by atoms with van der Waals surface area (Å²) in [6, 6.07) is 0. The smallest absolute Gasteiger partial charge is 0.327 e. The van der Waals surface area contributed by atoms with Gasteiger partial charge in [-0.1, -0.05) is 6.58 Å². The summed E-state index contributed by atoms with van der Waals surface area (Å²) in [4.78, 5) is 9.25. The molecule has 0 heterocycles. The number of methoxy groups -OCH3 is 1. The van der Waals surface area contributed by atoms with Gasteiger partial charge in [-0.25, -0.2) is 4.79 Å². The number of hydrogen-bond acceptors (Lipinski definition) is 6. The summed E-state index contributed by atoms with van der Waals surface area (Å²) in [6.45, 7) is 4.23. The van der Waals surface area contributed by atoms with Crippen LogP contribution in [-0.4, -0.2) is 67.7 Å². The van der Waals surface area contributed by atoms with Crippen molar-refractivity contribution in [2.45, 2.75) is 6.29 Å². The molecular weight excluding hydrogens is 232 g/mol. The van der Waals surface area contributed by atoms with E-state index in [0.29, 0.717) is 19.8 Å². The van der Waals surface area contributed by atoms with E-state index in [9.17, 15) is 4.79 Å². The average Bonchev–Trinajstić information content (AvgIpc) is 2.33. The quantitative estimate of drug-likeness (QED) is 0.281. The van der Waals surface area contributed by atoms with E-state index < -0.39 is 12.3 Å². The Hall–Kier alpha value is -0.990. The van der Waals surface area contributed by atoms with Crippen molar-refractivity contribution in [2.75, 3.05) is 40.1 Å². The lowest BCUT2D eigenvalue weighted by molar-refractivity contribution is -0.131. The molecule has 0 aromatic rings. The first-order valence-electron chi connectivity index (χ1n) is 4.91. The number of carbonyl (C=O) groups is 1. The molecule has 0 fully saturated rings. The topological polar surface area (TPSA) is 105 Å². The third-order valence-corrected chi connectivity index (χ3v) is 1.31. The zero-order chi connectivity index (χ0) is 13.5. The highest BCUT2D eigenvalue weighted by atomic mass is 16.6. The van der Waals surface area contributed by atoms with Crippen molar-refractivity contribution in [3.63, 3.8) is 0 Å². The monoisotopic (exact) mass is 252 g/mol. The second kappa shape index (κ2) is 15.0. The molecule has 0 rings (SSSR count). The van der Waals surface area contributed by atoms with Crippen LogP contribution in [0, 0.1) is 0 Å². The lowest BCUT2D eigenvalue weighted by atomic mass is 10.6. The van der Waals surface area contributed by atoms with Crippen molar-refractivity contribution in [2.24, 2.45) is 0 Å². The number of hydrogen-bond donors (Lipinski definition) is 3. The maximum Gasteiger partial charge on any atom is 0.327 e. The normalized spacial score (nSPS) is 11.2. The molecule has 1 unspecified atom stereocenters. The van der Waals surface area contributed by atoms with Gasteiger partial charge in [0.1, 0.15) is 0 Å². The van der Waals surface area contributed by atoms with Gasteiger partial charge in [-0.3, -0.25) is 0 Å². The van der Waals surface area contributed by atoms with Gasteiger partial charge >= 0.3 is 5.97 Å². The van der Waals surface area contributed by atoms with Crippen LogP contribution in [0.3, 0.4) is 0 Å². The molecule has 0 saturated carbocycles. The molecular formula is C10H20O7. The van der Waals surface area contributed by atoms with Crippen molar-refractivity contribution in [3.8, 4) is 0 Å². The Morgan fingerprint density at radius 3 is 2.29 bits per heavy atom. The average molecular weight is 252 g/mol. The molecule has 0 amide bonds. The molecule has 0 aromatic carbocycles. The van der Waals surface area contributed by atoms with Gasteiger partial charge in [-0.2, -0.15) is 0 Å². The molecule has 0 saturated heterocycles. The van der Waals surface area contributed by atoms with Gasteiger partial charge < -0.3 is 29.5 Å². The molecule has 7 heteroatoms. The molecule has 3 N–H and O–H groups in total. The summed E-state index contributed by atoms with van der Waals surface area (Å²) in [6.07, 6.45) is -0.0390. The predicted molar refractivity (Wildman–Crippen MR) is 59.6 cm³/mol. The van der Waals surface area contributed by atoms with Gasteiger partial charge in [0, 0.05) is 13.2 Å². The van der Waals surface area contributed by atoms with Gasteiger partial charge in [-0.05, 0) is 0 Å². The molecule has 7 nitrogen and oxygen atoms in total. The standard InChI is InChI=1S/C7H16O5.C3H4O2/c1-10-7(9)6-12-5-4-11-3-2-8;1-2-3(4)5/h7-9H,2-6H2,1H3;2H,1H2,(H,4,5). The minimum Gasteiger partial charge on any atom is -0.478 e. The van der Waals surface area contributed by atoms with Crippen LogP contribution in [0.25, 0.3) is 0 Å². The first kappa shape index (κ1) is 18.4. The summed E-state index contributed by atoms with van der Waals surface area (Å²) in [5.74, 6) is -0.981. The van der Waals surface area contributed by atoms with Gasteiger partial charge in [-0.15, -0.1) is 0 Å². The van der Waals surface area contributed by atoms with Crippen LogP contribution in [0.15, 0.2) is 12.7 Å². The van der Waals surface area contributed by atoms with Crippen LogP contribution in [0.2, 0.25) is 0 Å². The van der Waals surface area contributed by atoms with Gasteiger partial charge in [0.25, 0.3) is 0 Å². The fraction of sp³-hybridized carbons (Fsp3) is 0.700. The zero-order valence-corrected chi connectivity index (χ0v) is 9.87. The minimum atomic E-state index is -0.981. The molecule has 0 aliphatic carbocycles. The van der Waals surface area contributed by atoms with Crippen molar-refractivity contribution >= 4 is 5.97 Å². The van der Waals surface area contributed by atoms with E-state index in [-0.39, 0.29) is 13.2 Å². The Kier molecular flexibility index (Phi) is 16.2. The number of carboxylic acids is 1. The number of aliphatic carboxylic acids is 1.